The van der Waals surface area contributed by atoms with E-state index in [-0.39, 0.29) is 0 Å². The van der Waals surface area contributed by atoms with Crippen LogP contribution in [0.15, 0.2) is 42.5 Å². The van der Waals surface area contributed by atoms with E-state index in [0.29, 0.717) is 12.2 Å². The maximum Gasteiger partial charge on any atom is 0.252 e. The van der Waals surface area contributed by atoms with Gasteiger partial charge in [0.2, 0.25) is 0 Å². The van der Waals surface area contributed by atoms with E-state index in [1.165, 1.54) is 24.0 Å². The summed E-state index contributed by atoms with van der Waals surface area (Å²) in [5, 5.41) is -0.440. The van der Waals surface area contributed by atoms with Gasteiger partial charge in [-0.1, -0.05) is 24.3 Å². The lowest BCUT2D eigenvalue weighted by molar-refractivity contribution is 0.108. The Bertz CT molecular complexity index is 649. The Labute approximate surface area is 123 Å². The minimum absolute atomic E-state index is 0.440. The van der Waals surface area contributed by atoms with E-state index < -0.39 is 5.24 Å². The van der Waals surface area contributed by atoms with Gasteiger partial charge in [0.05, 0.1) is 0 Å². The molecule has 0 fully saturated rings. The van der Waals surface area contributed by atoms with Gasteiger partial charge in [0, 0.05) is 5.56 Å². The zero-order valence-corrected chi connectivity index (χ0v) is 11.8. The van der Waals surface area contributed by atoms with Gasteiger partial charge in [0.1, 0.15) is 12.4 Å². The van der Waals surface area contributed by atoms with Crippen LogP contribution in [0.5, 0.6) is 5.75 Å². The molecule has 0 atom stereocenters. The first-order chi connectivity index (χ1) is 9.72. The van der Waals surface area contributed by atoms with Gasteiger partial charge in [-0.25, -0.2) is 0 Å². The molecule has 0 radical (unpaired) electrons. The van der Waals surface area contributed by atoms with Crippen LogP contribution in [0.2, 0.25) is 0 Å². The molecule has 0 saturated heterocycles. The molecule has 102 valence electrons. The largest absolute Gasteiger partial charge is 0.489 e. The van der Waals surface area contributed by atoms with Crippen molar-refractivity contribution in [2.45, 2.75) is 25.9 Å². The molecule has 3 rings (SSSR count). The molecular weight excluding hydrogens is 272 g/mol. The average Bonchev–Trinajstić information content (AvgIpc) is 2.93. The molecule has 0 spiro atoms. The Morgan fingerprint density at radius 3 is 2.80 bits per heavy atom. The lowest BCUT2D eigenvalue weighted by Gasteiger charge is -2.08. The summed E-state index contributed by atoms with van der Waals surface area (Å²) in [5.41, 5.74) is 4.28. The molecule has 1 aliphatic carbocycles. The number of hydrogen-bond donors (Lipinski definition) is 0. The summed E-state index contributed by atoms with van der Waals surface area (Å²) in [6.07, 6.45) is 3.55. The molecule has 20 heavy (non-hydrogen) atoms. The minimum atomic E-state index is -0.440. The van der Waals surface area contributed by atoms with Crippen LogP contribution in [0, 0.1) is 0 Å². The fraction of sp³-hybridized carbons (Fsp3) is 0.235. The molecule has 2 aromatic carbocycles. The second-order valence-corrected chi connectivity index (χ2v) is 5.39. The van der Waals surface area contributed by atoms with Crippen molar-refractivity contribution in [1.29, 1.82) is 0 Å². The molecule has 0 amide bonds. The second-order valence-electron chi connectivity index (χ2n) is 5.05. The lowest BCUT2D eigenvalue weighted by Crippen LogP contribution is -1.98. The van der Waals surface area contributed by atoms with E-state index >= 15 is 0 Å². The molecule has 0 aromatic heterocycles. The Balaban J connectivity index is 1.70. The number of rotatable bonds is 4. The van der Waals surface area contributed by atoms with Gasteiger partial charge in [-0.15, -0.1) is 0 Å². The van der Waals surface area contributed by atoms with Crippen molar-refractivity contribution in [2.24, 2.45) is 0 Å². The topological polar surface area (TPSA) is 26.3 Å². The highest BCUT2D eigenvalue weighted by Gasteiger charge is 2.11. The van der Waals surface area contributed by atoms with Crippen LogP contribution in [-0.4, -0.2) is 5.24 Å². The number of carbonyl (C=O) groups excluding carboxylic acids is 1. The second kappa shape index (κ2) is 5.68. The third-order valence-corrected chi connectivity index (χ3v) is 3.85. The number of aryl methyl sites for hydroxylation is 2. The summed E-state index contributed by atoms with van der Waals surface area (Å²) in [6, 6.07) is 13.5. The maximum absolute atomic E-state index is 11.1. The highest BCUT2D eigenvalue weighted by Crippen LogP contribution is 2.26. The number of ether oxygens (including phenoxy) is 1. The van der Waals surface area contributed by atoms with Crippen LogP contribution in [-0.2, 0) is 19.4 Å². The third kappa shape index (κ3) is 2.86. The Hall–Kier alpha value is -1.80. The van der Waals surface area contributed by atoms with Crippen LogP contribution in [0.1, 0.15) is 33.5 Å². The predicted octanol–water partition coefficient (Wildman–Crippen LogP) is 4.13. The van der Waals surface area contributed by atoms with Gasteiger partial charge in [-0.2, -0.15) is 0 Å². The van der Waals surface area contributed by atoms with Crippen LogP contribution >= 0.6 is 11.6 Å². The number of hydrogen-bond acceptors (Lipinski definition) is 2. The fourth-order valence-corrected chi connectivity index (χ4v) is 2.71. The summed E-state index contributed by atoms with van der Waals surface area (Å²) >= 11 is 5.48. The molecule has 0 bridgehead atoms. The number of carbonyl (C=O) groups is 1. The van der Waals surface area contributed by atoms with Crippen molar-refractivity contribution < 1.29 is 9.53 Å². The zero-order valence-electron chi connectivity index (χ0n) is 11.1. The normalized spacial score (nSPS) is 13.1. The Morgan fingerprint density at radius 2 is 1.95 bits per heavy atom. The monoisotopic (exact) mass is 286 g/mol. The van der Waals surface area contributed by atoms with Crippen molar-refractivity contribution in [3.05, 3.63) is 64.7 Å². The molecule has 0 N–H and O–H groups in total. The average molecular weight is 287 g/mol. The van der Waals surface area contributed by atoms with Crippen LogP contribution < -0.4 is 4.74 Å². The summed E-state index contributed by atoms with van der Waals surface area (Å²) in [7, 11) is 0. The third-order valence-electron chi connectivity index (χ3n) is 3.63. The summed E-state index contributed by atoms with van der Waals surface area (Å²) in [6.45, 7) is 0.441. The van der Waals surface area contributed by atoms with Crippen molar-refractivity contribution in [1.82, 2.24) is 0 Å². The van der Waals surface area contributed by atoms with Gasteiger partial charge in [0.15, 0.2) is 0 Å². The Morgan fingerprint density at radius 1 is 1.10 bits per heavy atom. The number of fused-ring (bicyclic) bond motifs is 1. The standard InChI is InChI=1S/C17H15ClO2/c18-17(19)15-6-1-3-12(9-15)11-20-16-8-7-13-4-2-5-14(13)10-16/h1,3,6-10H,2,4-5,11H2. The van der Waals surface area contributed by atoms with Crippen molar-refractivity contribution in [3.63, 3.8) is 0 Å². The quantitative estimate of drug-likeness (QED) is 0.790. The zero-order chi connectivity index (χ0) is 13.9. The van der Waals surface area contributed by atoms with Crippen molar-refractivity contribution in [2.75, 3.05) is 0 Å². The fourth-order valence-electron chi connectivity index (χ4n) is 2.59. The molecule has 0 saturated carbocycles. The maximum atomic E-state index is 11.1. The van der Waals surface area contributed by atoms with E-state index in [1.54, 1.807) is 12.1 Å². The summed E-state index contributed by atoms with van der Waals surface area (Å²) < 4.78 is 5.80. The molecule has 0 unspecified atom stereocenters. The SMILES string of the molecule is O=C(Cl)c1cccc(COc2ccc3c(c2)CCC3)c1. The van der Waals surface area contributed by atoms with Crippen molar-refractivity contribution in [3.8, 4) is 5.75 Å². The molecule has 2 nitrogen and oxygen atoms in total. The molecule has 3 heteroatoms. The smallest absolute Gasteiger partial charge is 0.252 e. The first-order valence-corrected chi connectivity index (χ1v) is 7.13. The van der Waals surface area contributed by atoms with Crippen LogP contribution in [0.4, 0.5) is 0 Å². The molecule has 0 aliphatic heterocycles. The first kappa shape index (κ1) is 13.2. The molecule has 1 aliphatic rings. The lowest BCUT2D eigenvalue weighted by atomic mass is 10.1. The van der Waals surface area contributed by atoms with Gasteiger partial charge in [-0.3, -0.25) is 4.79 Å². The van der Waals surface area contributed by atoms with E-state index in [2.05, 4.69) is 12.1 Å². The highest BCUT2D eigenvalue weighted by atomic mass is 35.5. The predicted molar refractivity (Wildman–Crippen MR) is 79.4 cm³/mol. The van der Waals surface area contributed by atoms with E-state index in [4.69, 9.17) is 16.3 Å². The van der Waals surface area contributed by atoms with Gasteiger partial charge < -0.3 is 4.74 Å². The summed E-state index contributed by atoms with van der Waals surface area (Å²) in [5.74, 6) is 0.883. The van der Waals surface area contributed by atoms with Gasteiger partial charge in [-0.05, 0) is 65.8 Å². The van der Waals surface area contributed by atoms with E-state index in [9.17, 15) is 4.79 Å². The van der Waals surface area contributed by atoms with Gasteiger partial charge >= 0.3 is 0 Å². The number of benzene rings is 2. The van der Waals surface area contributed by atoms with Crippen molar-refractivity contribution >= 4 is 16.8 Å². The summed E-state index contributed by atoms with van der Waals surface area (Å²) in [4.78, 5) is 11.1. The highest BCUT2D eigenvalue weighted by molar-refractivity contribution is 6.67. The van der Waals surface area contributed by atoms with E-state index in [0.717, 1.165) is 17.7 Å². The minimum Gasteiger partial charge on any atom is -0.489 e. The Kier molecular flexibility index (Phi) is 3.75. The van der Waals surface area contributed by atoms with Gasteiger partial charge in [0.25, 0.3) is 5.24 Å². The van der Waals surface area contributed by atoms with E-state index in [1.807, 2.05) is 18.2 Å². The number of halogens is 1. The van der Waals surface area contributed by atoms with Crippen LogP contribution in [0.25, 0.3) is 0 Å². The molecule has 0 heterocycles. The van der Waals surface area contributed by atoms with Crippen LogP contribution in [0.3, 0.4) is 0 Å². The molecule has 2 aromatic rings. The molecular formula is C17H15ClO2. The first-order valence-electron chi connectivity index (χ1n) is 6.76.